The molecule has 4 nitrogen and oxygen atoms in total. The summed E-state index contributed by atoms with van der Waals surface area (Å²) in [5, 5.41) is 9.50. The minimum atomic E-state index is -0.561. The van der Waals surface area contributed by atoms with Crippen LogP contribution in [0.25, 0.3) is 0 Å². The Balaban J connectivity index is 2.08. The summed E-state index contributed by atoms with van der Waals surface area (Å²) in [6.07, 6.45) is 3.35. The van der Waals surface area contributed by atoms with E-state index in [2.05, 4.69) is 25.9 Å². The van der Waals surface area contributed by atoms with Gasteiger partial charge in [-0.3, -0.25) is 0 Å². The Kier molecular flexibility index (Phi) is 2.00. The van der Waals surface area contributed by atoms with Gasteiger partial charge in [0.1, 0.15) is 10.4 Å². The van der Waals surface area contributed by atoms with E-state index in [1.54, 1.807) is 12.4 Å². The predicted octanol–water partition coefficient (Wildman–Crippen LogP) is 0.810. The third-order valence-electron chi connectivity index (χ3n) is 1.99. The highest BCUT2D eigenvalue weighted by atomic mass is 79.9. The molecule has 1 aliphatic heterocycles. The number of nitrogens with zero attached hydrogens (tertiary/aromatic N) is 3. The van der Waals surface area contributed by atoms with E-state index in [1.807, 2.05) is 11.8 Å². The zero-order chi connectivity index (χ0) is 9.47. The predicted molar refractivity (Wildman–Crippen MR) is 52.6 cm³/mol. The molecule has 0 atom stereocenters. The Bertz CT molecular complexity index is 304. The average molecular weight is 244 g/mol. The maximum atomic E-state index is 9.50. The smallest absolute Gasteiger partial charge is 0.147 e. The van der Waals surface area contributed by atoms with Crippen molar-refractivity contribution in [3.05, 3.63) is 17.0 Å². The largest absolute Gasteiger partial charge is 0.386 e. The quantitative estimate of drug-likeness (QED) is 0.794. The van der Waals surface area contributed by atoms with E-state index >= 15 is 0 Å². The van der Waals surface area contributed by atoms with Gasteiger partial charge in [-0.05, 0) is 22.9 Å². The number of hydrogen-bond donors (Lipinski definition) is 1. The van der Waals surface area contributed by atoms with Crippen LogP contribution in [0.5, 0.6) is 0 Å². The molecule has 1 aromatic rings. The van der Waals surface area contributed by atoms with Gasteiger partial charge in [0.05, 0.1) is 18.0 Å². The van der Waals surface area contributed by atoms with E-state index in [0.717, 1.165) is 10.4 Å². The lowest BCUT2D eigenvalue weighted by molar-refractivity contribution is 0.0305. The summed E-state index contributed by atoms with van der Waals surface area (Å²) < 4.78 is 0.725. The standard InChI is InChI=1S/C8H10BrN3O/c1-8(13)4-12(5-8)7-3-10-6(9)2-11-7/h2-3,13H,4-5H2,1H3. The van der Waals surface area contributed by atoms with E-state index in [4.69, 9.17) is 0 Å². The van der Waals surface area contributed by atoms with Crippen LogP contribution >= 0.6 is 15.9 Å². The summed E-state index contributed by atoms with van der Waals surface area (Å²) in [7, 11) is 0. The Hall–Kier alpha value is -0.680. The van der Waals surface area contributed by atoms with Crippen molar-refractivity contribution in [3.8, 4) is 0 Å². The van der Waals surface area contributed by atoms with Crippen molar-refractivity contribution in [2.75, 3.05) is 18.0 Å². The van der Waals surface area contributed by atoms with Crippen molar-refractivity contribution in [3.63, 3.8) is 0 Å². The molecule has 1 fully saturated rings. The van der Waals surface area contributed by atoms with Crippen LogP contribution in [-0.2, 0) is 0 Å². The van der Waals surface area contributed by atoms with Crippen molar-refractivity contribution in [1.82, 2.24) is 9.97 Å². The second-order valence-electron chi connectivity index (χ2n) is 3.55. The summed E-state index contributed by atoms with van der Waals surface area (Å²) in [6, 6.07) is 0. The van der Waals surface area contributed by atoms with Crippen molar-refractivity contribution in [2.24, 2.45) is 0 Å². The second-order valence-corrected chi connectivity index (χ2v) is 4.36. The fourth-order valence-electron chi connectivity index (χ4n) is 1.41. The van der Waals surface area contributed by atoms with Crippen LogP contribution in [0.1, 0.15) is 6.92 Å². The molecule has 1 saturated heterocycles. The zero-order valence-electron chi connectivity index (χ0n) is 7.24. The molecule has 0 amide bonds. The Labute approximate surface area is 84.7 Å². The minimum Gasteiger partial charge on any atom is -0.386 e. The number of hydrogen-bond acceptors (Lipinski definition) is 4. The molecule has 0 radical (unpaired) electrons. The molecule has 5 heteroatoms. The molecule has 13 heavy (non-hydrogen) atoms. The number of rotatable bonds is 1. The van der Waals surface area contributed by atoms with Crippen LogP contribution in [0.3, 0.4) is 0 Å². The first kappa shape index (κ1) is 8.90. The van der Waals surface area contributed by atoms with Crippen LogP contribution in [-0.4, -0.2) is 33.8 Å². The first-order chi connectivity index (χ1) is 6.07. The van der Waals surface area contributed by atoms with Gasteiger partial charge >= 0.3 is 0 Å². The number of anilines is 1. The maximum Gasteiger partial charge on any atom is 0.147 e. The van der Waals surface area contributed by atoms with Crippen molar-refractivity contribution >= 4 is 21.7 Å². The maximum absolute atomic E-state index is 9.50. The molecule has 0 bridgehead atoms. The van der Waals surface area contributed by atoms with Gasteiger partial charge in [0.2, 0.25) is 0 Å². The van der Waals surface area contributed by atoms with E-state index in [1.165, 1.54) is 0 Å². The molecular weight excluding hydrogens is 234 g/mol. The van der Waals surface area contributed by atoms with Crippen LogP contribution < -0.4 is 4.90 Å². The number of halogens is 1. The molecule has 1 aromatic heterocycles. The van der Waals surface area contributed by atoms with Crippen LogP contribution in [0.2, 0.25) is 0 Å². The van der Waals surface area contributed by atoms with Gasteiger partial charge in [-0.2, -0.15) is 0 Å². The van der Waals surface area contributed by atoms with Gasteiger partial charge in [-0.15, -0.1) is 0 Å². The lowest BCUT2D eigenvalue weighted by Crippen LogP contribution is -2.60. The lowest BCUT2D eigenvalue weighted by atomic mass is 9.97. The third kappa shape index (κ3) is 1.81. The monoisotopic (exact) mass is 243 g/mol. The molecule has 0 aromatic carbocycles. The van der Waals surface area contributed by atoms with Gasteiger partial charge in [-0.1, -0.05) is 0 Å². The Morgan fingerprint density at radius 3 is 2.62 bits per heavy atom. The molecule has 70 valence electrons. The molecule has 0 spiro atoms. The van der Waals surface area contributed by atoms with E-state index < -0.39 is 5.60 Å². The summed E-state index contributed by atoms with van der Waals surface area (Å²) >= 11 is 3.22. The van der Waals surface area contributed by atoms with Crippen LogP contribution in [0.4, 0.5) is 5.82 Å². The fraction of sp³-hybridized carbons (Fsp3) is 0.500. The molecule has 0 saturated carbocycles. The zero-order valence-corrected chi connectivity index (χ0v) is 8.82. The van der Waals surface area contributed by atoms with E-state index in [9.17, 15) is 5.11 Å². The highest BCUT2D eigenvalue weighted by Crippen LogP contribution is 2.25. The molecule has 0 unspecified atom stereocenters. The summed E-state index contributed by atoms with van der Waals surface area (Å²) in [6.45, 7) is 3.07. The highest BCUT2D eigenvalue weighted by Gasteiger charge is 2.37. The average Bonchev–Trinajstić information content (AvgIpc) is 2.01. The fourth-order valence-corrected chi connectivity index (χ4v) is 1.61. The molecule has 1 aliphatic rings. The molecule has 2 heterocycles. The molecular formula is C8H10BrN3O. The molecule has 2 rings (SSSR count). The first-order valence-electron chi connectivity index (χ1n) is 4.02. The lowest BCUT2D eigenvalue weighted by Gasteiger charge is -2.44. The summed E-state index contributed by atoms with van der Waals surface area (Å²) in [5.74, 6) is 0.815. The molecule has 0 aliphatic carbocycles. The number of aliphatic hydroxyl groups is 1. The van der Waals surface area contributed by atoms with Crippen molar-refractivity contribution < 1.29 is 5.11 Å². The van der Waals surface area contributed by atoms with Gasteiger partial charge in [0.25, 0.3) is 0 Å². The third-order valence-corrected chi connectivity index (χ3v) is 2.40. The SMILES string of the molecule is CC1(O)CN(c2cnc(Br)cn2)C1. The van der Waals surface area contributed by atoms with Gasteiger partial charge < -0.3 is 10.0 Å². The summed E-state index contributed by atoms with van der Waals surface area (Å²) in [4.78, 5) is 10.2. The minimum absolute atomic E-state index is 0.561. The van der Waals surface area contributed by atoms with Crippen LogP contribution in [0.15, 0.2) is 17.0 Å². The van der Waals surface area contributed by atoms with E-state index in [0.29, 0.717) is 13.1 Å². The Morgan fingerprint density at radius 1 is 1.46 bits per heavy atom. The van der Waals surface area contributed by atoms with E-state index in [-0.39, 0.29) is 0 Å². The summed E-state index contributed by atoms with van der Waals surface area (Å²) in [5.41, 5.74) is -0.561. The number of aromatic nitrogens is 2. The Morgan fingerprint density at radius 2 is 2.15 bits per heavy atom. The van der Waals surface area contributed by atoms with Gasteiger partial charge in [-0.25, -0.2) is 9.97 Å². The topological polar surface area (TPSA) is 49.2 Å². The second kappa shape index (κ2) is 2.92. The van der Waals surface area contributed by atoms with Crippen LogP contribution in [0, 0.1) is 0 Å². The molecule has 1 N–H and O–H groups in total. The van der Waals surface area contributed by atoms with Gasteiger partial charge in [0.15, 0.2) is 0 Å². The van der Waals surface area contributed by atoms with Crippen molar-refractivity contribution in [1.29, 1.82) is 0 Å². The van der Waals surface area contributed by atoms with Crippen molar-refractivity contribution in [2.45, 2.75) is 12.5 Å². The van der Waals surface area contributed by atoms with Gasteiger partial charge in [0, 0.05) is 13.1 Å². The first-order valence-corrected chi connectivity index (χ1v) is 4.81. The number of β-amino-alcohol motifs (C(OH)–C–C–N with tert-alkyl or cyclic N) is 1. The normalized spacial score (nSPS) is 19.8. The highest BCUT2D eigenvalue weighted by molar-refractivity contribution is 9.10.